The Balaban J connectivity index is 0.710. The highest BCUT2D eigenvalue weighted by Crippen LogP contribution is 2.31. The Morgan fingerprint density at radius 3 is 1.71 bits per heavy atom. The number of aromatic nitrogens is 2. The molecule has 2 aromatic heterocycles. The van der Waals surface area contributed by atoms with Crippen LogP contribution in [-0.4, -0.2) is 169 Å². The molecule has 0 atom stereocenters. The number of unbranched alkanes of at least 4 members (excludes halogenated alkanes) is 1. The number of benzene rings is 4. The molecule has 2 saturated heterocycles. The number of hydroxylamine groups is 1. The minimum absolute atomic E-state index is 0.0409. The quantitative estimate of drug-likeness (QED) is 0.00657. The Bertz CT molecular complexity index is 3910. The summed E-state index contributed by atoms with van der Waals surface area (Å²) in [5, 5.41) is 8.16. The van der Waals surface area contributed by atoms with E-state index in [2.05, 4.69) is 67.4 Å². The average molecular weight is 1380 g/mol. The summed E-state index contributed by atoms with van der Waals surface area (Å²) in [7, 11) is -5.41. The van der Waals surface area contributed by atoms with Gasteiger partial charge in [0, 0.05) is 114 Å². The number of carbonyl (C=O) groups is 5. The normalized spacial score (nSPS) is 13.8. The van der Waals surface area contributed by atoms with Crippen molar-refractivity contribution in [3.05, 3.63) is 151 Å². The van der Waals surface area contributed by atoms with Crippen molar-refractivity contribution < 1.29 is 83.5 Å². The number of nitrogens with zero attached hydrogens (tertiary/aromatic N) is 4. The Hall–Kier alpha value is -9.54. The highest BCUT2D eigenvalue weighted by atomic mass is 32.2. The van der Waals surface area contributed by atoms with E-state index in [9.17, 15) is 40.8 Å². The topological polar surface area (TPSA) is 358 Å². The second-order valence-electron chi connectivity index (χ2n) is 22.9. The summed E-state index contributed by atoms with van der Waals surface area (Å²) in [6, 6.07) is 28.7. The van der Waals surface area contributed by atoms with E-state index in [4.69, 9.17) is 28.5 Å². The zero-order valence-corrected chi connectivity index (χ0v) is 56.3. The van der Waals surface area contributed by atoms with Crippen molar-refractivity contribution in [1.82, 2.24) is 42.1 Å². The molecule has 6 aromatic rings. The number of amides is 5. The highest BCUT2D eigenvalue weighted by Gasteiger charge is 2.31. The van der Waals surface area contributed by atoms with Crippen LogP contribution in [0.4, 0.5) is 28.4 Å². The molecule has 97 heavy (non-hydrogen) atoms. The van der Waals surface area contributed by atoms with Crippen molar-refractivity contribution in [2.45, 2.75) is 68.2 Å². The Morgan fingerprint density at radius 2 is 1.12 bits per heavy atom. The average Bonchev–Trinajstić information content (AvgIpc) is 0.904. The lowest BCUT2D eigenvalue weighted by Gasteiger charge is -2.26. The maximum absolute atomic E-state index is 13.6. The molecule has 32 heteroatoms. The smallest absolute Gasteiger partial charge is 0.333 e. The molecule has 2 fully saturated rings. The molecule has 2 aliphatic rings. The number of sulfonamides is 2. The van der Waals surface area contributed by atoms with Gasteiger partial charge < -0.3 is 39.6 Å². The van der Waals surface area contributed by atoms with E-state index in [1.807, 2.05) is 35.2 Å². The van der Waals surface area contributed by atoms with Gasteiger partial charge in [0.15, 0.2) is 31.3 Å². The summed E-state index contributed by atoms with van der Waals surface area (Å²) in [4.78, 5) is 76.1. The lowest BCUT2D eigenvalue weighted by atomic mass is 10.2. The summed E-state index contributed by atoms with van der Waals surface area (Å²) >= 11 is 0. The largest absolute Gasteiger partial charge is 0.494 e. The number of carbonyl (C=O) groups excluding carboxylic acids is 5. The van der Waals surface area contributed by atoms with E-state index in [0.717, 1.165) is 50.4 Å². The first-order valence-corrected chi connectivity index (χ1v) is 34.5. The maximum atomic E-state index is 13.6. The van der Waals surface area contributed by atoms with Gasteiger partial charge in [-0.1, -0.05) is 18.2 Å². The van der Waals surface area contributed by atoms with Crippen LogP contribution in [0.15, 0.2) is 144 Å². The molecule has 30 nitrogen and oxygen atoms in total. The standard InChI is InChI=1S/C65H83N15O15S2/c1-65(2,94-47-69-51-16-8-18-55(40-51)97(88,89)76-53-20-22-57(59(42-53)91-4)72-74-64(85)62(83)68-25-12-29-78-33-37-93-38-34-78)80-30-10-15-50(45-80)60(81)66-23-5-6-26-70-95-46-49-14-9-27-79(44-49)43-48-13-7-17-54(39-48)96(86,87)75-52-19-21-56(58(41-52)90-3)71-73-63(84)61(82)67-24-11-28-77-31-35-92-36-32-77/h7-10,13-22,27,30,39-42,44-45,47,70H,5-6,11-12,23-26,28-29,31-38,43,46H2,1-4H3,(H7-2,66,67,68,71,72,73,74,75,76,81,82,83,84,85)/p+3. The van der Waals surface area contributed by atoms with Gasteiger partial charge in [0.2, 0.25) is 5.69 Å². The Kier molecular flexibility index (Phi) is 27.6. The lowest BCUT2D eigenvalue weighted by molar-refractivity contribution is -0.795. The molecule has 0 spiro atoms. The van der Waals surface area contributed by atoms with Crippen molar-refractivity contribution in [2.24, 2.45) is 0 Å². The van der Waals surface area contributed by atoms with Crippen LogP contribution in [0.25, 0.3) is 0 Å². The monoisotopic (exact) mass is 1380 g/mol. The molecule has 11 N–H and O–H groups in total. The van der Waals surface area contributed by atoms with Crippen LogP contribution in [0.1, 0.15) is 61.0 Å². The molecule has 0 radical (unpaired) electrons. The summed E-state index contributed by atoms with van der Waals surface area (Å²) < 4.78 is 90.8. The fourth-order valence-electron chi connectivity index (χ4n) is 9.94. The molecule has 2 aliphatic heterocycles. The van der Waals surface area contributed by atoms with Crippen LogP contribution in [-0.2, 0) is 77.1 Å². The minimum Gasteiger partial charge on any atom is -0.494 e. The van der Waals surface area contributed by atoms with Crippen LogP contribution >= 0.6 is 0 Å². The summed E-state index contributed by atoms with van der Waals surface area (Å²) in [6.45, 7) is 13.4. The van der Waals surface area contributed by atoms with Crippen LogP contribution in [0.3, 0.4) is 0 Å². The number of hydrogen-bond acceptors (Lipinski definition) is 20. The van der Waals surface area contributed by atoms with Crippen molar-refractivity contribution in [1.29, 1.82) is 0 Å². The molecule has 4 heterocycles. The lowest BCUT2D eigenvalue weighted by Crippen LogP contribution is -2.65. The van der Waals surface area contributed by atoms with Gasteiger partial charge in [-0.15, -0.1) is 0 Å². The third kappa shape index (κ3) is 23.4. The van der Waals surface area contributed by atoms with Crippen molar-refractivity contribution in [2.75, 3.05) is 126 Å². The molecule has 520 valence electrons. The van der Waals surface area contributed by atoms with Gasteiger partial charge in [0.1, 0.15) is 17.1 Å². The highest BCUT2D eigenvalue weighted by molar-refractivity contribution is 7.93. The van der Waals surface area contributed by atoms with Crippen LogP contribution in [0.2, 0.25) is 0 Å². The Morgan fingerprint density at radius 1 is 0.588 bits per heavy atom. The van der Waals surface area contributed by atoms with E-state index in [-0.39, 0.29) is 50.9 Å². The number of methoxy groups -OCH3 is 2. The summed E-state index contributed by atoms with van der Waals surface area (Å²) in [6.07, 6.45) is 11.2. The molecule has 8 rings (SSSR count). The van der Waals surface area contributed by atoms with Gasteiger partial charge in [0.05, 0.1) is 79.8 Å². The molecule has 0 unspecified atom stereocenters. The number of morpholine rings is 2. The first-order chi connectivity index (χ1) is 46.8. The third-order valence-electron chi connectivity index (χ3n) is 15.2. The van der Waals surface area contributed by atoms with E-state index < -0.39 is 49.4 Å². The number of rotatable bonds is 35. The zero-order chi connectivity index (χ0) is 69.1. The molecule has 5 amide bonds. The fourth-order valence-corrected chi connectivity index (χ4v) is 12.2. The van der Waals surface area contributed by atoms with Crippen molar-refractivity contribution >= 4 is 84.4 Å². The summed E-state index contributed by atoms with van der Waals surface area (Å²) in [5.41, 5.74) is 15.3. The van der Waals surface area contributed by atoms with Crippen molar-refractivity contribution in [3.8, 4) is 11.5 Å². The fraction of sp³-hybridized carbons (Fsp3) is 0.385. The number of nitrogens with one attached hydrogen (secondary N) is 11. The van der Waals surface area contributed by atoms with E-state index in [0.29, 0.717) is 102 Å². The molecular formula is C65H86N15O15S2+3. The maximum Gasteiger partial charge on any atom is 0.333 e. The first-order valence-electron chi connectivity index (χ1n) is 31.6. The predicted octanol–water partition coefficient (Wildman–Crippen LogP) is 0.873. The van der Waals surface area contributed by atoms with Gasteiger partial charge in [-0.25, -0.2) is 26.9 Å². The number of pyridine rings is 2. The molecular weight excluding hydrogens is 1290 g/mol. The Labute approximate surface area is 564 Å². The SMILES string of the molecule is COc1cc(NS(=O)(=O)c2cccc(C[n+]3cccc(CONCCCCNC(=O)c4ccc[n+](C(C)(C)OC=[NH+]c5cccc(S(=O)(=O)Nc6ccc(NNC(=O)C(=O)NCCCN7CCOCC7)c(OC)c6)c5)c4)c3)c2)ccc1NNC(=O)C(=O)NCCCN1CCOCC1. The minimum atomic E-state index is -4.12. The van der Waals surface area contributed by atoms with E-state index in [1.54, 1.807) is 67.2 Å². The third-order valence-corrected chi connectivity index (χ3v) is 18.0. The second-order valence-corrected chi connectivity index (χ2v) is 26.2. The number of anilines is 4. The van der Waals surface area contributed by atoms with Gasteiger partial charge >= 0.3 is 35.8 Å². The van der Waals surface area contributed by atoms with Crippen LogP contribution < -0.4 is 76.2 Å². The predicted molar refractivity (Wildman–Crippen MR) is 358 cm³/mol. The molecule has 0 saturated carbocycles. The van der Waals surface area contributed by atoms with Gasteiger partial charge in [-0.05, 0) is 93.4 Å². The van der Waals surface area contributed by atoms with Crippen LogP contribution in [0, 0.1) is 0 Å². The van der Waals surface area contributed by atoms with Crippen LogP contribution in [0.5, 0.6) is 11.5 Å². The van der Waals surface area contributed by atoms with Gasteiger partial charge in [-0.2, -0.15) is 9.56 Å². The second kappa shape index (κ2) is 36.5. The molecule has 0 aliphatic carbocycles. The van der Waals surface area contributed by atoms with E-state index in [1.165, 1.54) is 75.2 Å². The molecule has 4 aromatic carbocycles. The summed E-state index contributed by atoms with van der Waals surface area (Å²) in [5.74, 6) is -3.31. The van der Waals surface area contributed by atoms with E-state index >= 15 is 0 Å². The van der Waals surface area contributed by atoms with Gasteiger partial charge in [0.25, 0.3) is 26.0 Å². The zero-order valence-electron chi connectivity index (χ0n) is 54.7. The first kappa shape index (κ1) is 73.3. The number of ether oxygens (including phenoxy) is 5. The van der Waals surface area contributed by atoms with Crippen molar-refractivity contribution in [3.63, 3.8) is 0 Å². The number of hydrazine groups is 2. The van der Waals surface area contributed by atoms with Gasteiger partial charge in [-0.3, -0.25) is 69.8 Å². The molecule has 0 bridgehead atoms. The number of hydrogen-bond donors (Lipinski definition) is 11.